The van der Waals surface area contributed by atoms with E-state index in [1.165, 1.54) is 18.2 Å². The highest BCUT2D eigenvalue weighted by atomic mass is 79.9. The molecule has 0 saturated heterocycles. The van der Waals surface area contributed by atoms with E-state index in [9.17, 15) is 18.5 Å². The third-order valence-electron chi connectivity index (χ3n) is 3.68. The fraction of sp³-hybridized carbons (Fsp3) is 0.500. The number of rotatable bonds is 5. The summed E-state index contributed by atoms with van der Waals surface area (Å²) in [6.07, 6.45) is 2.46. The van der Waals surface area contributed by atoms with Gasteiger partial charge in [-0.2, -0.15) is 0 Å². The van der Waals surface area contributed by atoms with E-state index in [1.807, 2.05) is 0 Å². The van der Waals surface area contributed by atoms with Gasteiger partial charge in [0.2, 0.25) is 10.0 Å². The third kappa shape index (κ3) is 4.17. The van der Waals surface area contributed by atoms with Crippen molar-refractivity contribution in [3.8, 4) is 0 Å². The van der Waals surface area contributed by atoms with Gasteiger partial charge in [-0.15, -0.1) is 12.4 Å². The number of nitrogens with one attached hydrogen (secondary N) is 1. The summed E-state index contributed by atoms with van der Waals surface area (Å²) in [6, 6.07) is 3.59. The molecule has 1 saturated carbocycles. The molecule has 1 fully saturated rings. The molecule has 0 radical (unpaired) electrons. The highest BCUT2D eigenvalue weighted by Crippen LogP contribution is 2.30. The summed E-state index contributed by atoms with van der Waals surface area (Å²) in [7, 11) is -3.96. The van der Waals surface area contributed by atoms with Gasteiger partial charge in [0.1, 0.15) is 0 Å². The van der Waals surface area contributed by atoms with E-state index < -0.39 is 20.6 Å². The van der Waals surface area contributed by atoms with Gasteiger partial charge in [0.25, 0.3) is 5.69 Å². The Kier molecular flexibility index (Phi) is 6.75. The zero-order valence-corrected chi connectivity index (χ0v) is 14.8. The molecule has 1 aromatic carbocycles. The van der Waals surface area contributed by atoms with Gasteiger partial charge in [0.15, 0.2) is 4.90 Å². The minimum Gasteiger partial charge on any atom is -0.330 e. The van der Waals surface area contributed by atoms with Gasteiger partial charge in [-0.1, -0.05) is 22.4 Å². The van der Waals surface area contributed by atoms with E-state index in [-0.39, 0.29) is 29.3 Å². The van der Waals surface area contributed by atoms with Gasteiger partial charge in [-0.25, -0.2) is 13.1 Å². The van der Waals surface area contributed by atoms with Crippen molar-refractivity contribution < 1.29 is 13.3 Å². The van der Waals surface area contributed by atoms with Crippen LogP contribution in [0.4, 0.5) is 5.69 Å². The number of nitro benzene ring substituents is 1. The molecule has 22 heavy (non-hydrogen) atoms. The van der Waals surface area contributed by atoms with E-state index in [0.717, 1.165) is 12.8 Å². The molecule has 0 spiro atoms. The second kappa shape index (κ2) is 7.69. The molecule has 124 valence electrons. The fourth-order valence-electron chi connectivity index (χ4n) is 2.59. The quantitative estimate of drug-likeness (QED) is 0.566. The lowest BCUT2D eigenvalue weighted by molar-refractivity contribution is -0.387. The number of hydrogen-bond donors (Lipinski definition) is 2. The number of hydrogen-bond acceptors (Lipinski definition) is 5. The van der Waals surface area contributed by atoms with Gasteiger partial charge < -0.3 is 5.73 Å². The third-order valence-corrected chi connectivity index (χ3v) is 5.69. The number of nitrogens with zero attached hydrogens (tertiary/aromatic N) is 1. The Bertz CT molecular complexity index is 656. The second-order valence-electron chi connectivity index (χ2n) is 5.02. The largest absolute Gasteiger partial charge is 0.330 e. The summed E-state index contributed by atoms with van der Waals surface area (Å²) < 4.78 is 27.9. The first-order valence-corrected chi connectivity index (χ1v) is 8.79. The molecule has 1 aliphatic carbocycles. The second-order valence-corrected chi connectivity index (χ2v) is 7.62. The molecule has 2 atom stereocenters. The SMILES string of the molecule is Cl.NCC1CCCC1NS(=O)(=O)c1cc(Br)ccc1[N+](=O)[O-]. The predicted molar refractivity (Wildman–Crippen MR) is 88.5 cm³/mol. The normalized spacial score (nSPS) is 21.4. The smallest absolute Gasteiger partial charge is 0.289 e. The van der Waals surface area contributed by atoms with E-state index >= 15 is 0 Å². The monoisotopic (exact) mass is 413 g/mol. The Balaban J connectivity index is 0.00000242. The summed E-state index contributed by atoms with van der Waals surface area (Å²) in [5, 5.41) is 11.0. The van der Waals surface area contributed by atoms with Crippen molar-refractivity contribution in [3.05, 3.63) is 32.8 Å². The van der Waals surface area contributed by atoms with E-state index in [1.54, 1.807) is 0 Å². The first-order chi connectivity index (χ1) is 9.85. The summed E-state index contributed by atoms with van der Waals surface area (Å²) in [6.45, 7) is 0.397. The Labute approximate surface area is 143 Å². The Morgan fingerprint density at radius 3 is 2.68 bits per heavy atom. The lowest BCUT2D eigenvalue weighted by Crippen LogP contribution is -2.40. The minimum atomic E-state index is -3.96. The van der Waals surface area contributed by atoms with E-state index in [4.69, 9.17) is 5.73 Å². The van der Waals surface area contributed by atoms with Crippen LogP contribution in [0.5, 0.6) is 0 Å². The van der Waals surface area contributed by atoms with Gasteiger partial charge in [-0.3, -0.25) is 10.1 Å². The molecule has 2 unspecified atom stereocenters. The molecular weight excluding hydrogens is 398 g/mol. The summed E-state index contributed by atoms with van der Waals surface area (Å²) in [5.74, 6) is 0.0750. The molecule has 0 aromatic heterocycles. The Morgan fingerprint density at radius 1 is 1.41 bits per heavy atom. The molecule has 10 heteroatoms. The first kappa shape index (κ1) is 19.3. The summed E-state index contributed by atoms with van der Waals surface area (Å²) in [4.78, 5) is 9.99. The number of halogens is 2. The van der Waals surface area contributed by atoms with Crippen LogP contribution in [0.15, 0.2) is 27.6 Å². The lowest BCUT2D eigenvalue weighted by atomic mass is 10.1. The van der Waals surface area contributed by atoms with Crippen LogP contribution in [0.1, 0.15) is 19.3 Å². The summed E-state index contributed by atoms with van der Waals surface area (Å²) in [5.41, 5.74) is 5.20. The molecule has 0 heterocycles. The van der Waals surface area contributed by atoms with Crippen LogP contribution in [0, 0.1) is 16.0 Å². The van der Waals surface area contributed by atoms with Gasteiger partial charge in [-0.05, 0) is 37.4 Å². The van der Waals surface area contributed by atoms with Crippen molar-refractivity contribution in [1.29, 1.82) is 0 Å². The van der Waals surface area contributed by atoms with Crippen LogP contribution in [-0.2, 0) is 10.0 Å². The van der Waals surface area contributed by atoms with Crippen LogP contribution in [0.2, 0.25) is 0 Å². The highest BCUT2D eigenvalue weighted by molar-refractivity contribution is 9.10. The standard InChI is InChI=1S/C12H16BrN3O4S.ClH/c13-9-4-5-11(16(17)18)12(6-9)21(19,20)15-10-3-1-2-8(10)7-14;/h4-6,8,10,15H,1-3,7,14H2;1H. The molecule has 0 aliphatic heterocycles. The summed E-state index contributed by atoms with van der Waals surface area (Å²) >= 11 is 3.14. The molecule has 1 aliphatic rings. The molecule has 7 nitrogen and oxygen atoms in total. The van der Waals surface area contributed by atoms with Crippen LogP contribution >= 0.6 is 28.3 Å². The topological polar surface area (TPSA) is 115 Å². The number of sulfonamides is 1. The zero-order chi connectivity index (χ0) is 15.6. The van der Waals surface area contributed by atoms with Gasteiger partial charge in [0.05, 0.1) is 4.92 Å². The lowest BCUT2D eigenvalue weighted by Gasteiger charge is -2.19. The van der Waals surface area contributed by atoms with Gasteiger partial charge in [0, 0.05) is 16.6 Å². The fourth-order valence-corrected chi connectivity index (χ4v) is 4.64. The molecule has 3 N–H and O–H groups in total. The molecule has 0 amide bonds. The average Bonchev–Trinajstić information content (AvgIpc) is 2.84. The van der Waals surface area contributed by atoms with Crippen molar-refractivity contribution >= 4 is 44.0 Å². The van der Waals surface area contributed by atoms with Crippen molar-refractivity contribution in [1.82, 2.24) is 4.72 Å². The molecule has 2 rings (SSSR count). The van der Waals surface area contributed by atoms with E-state index in [2.05, 4.69) is 20.7 Å². The van der Waals surface area contributed by atoms with Crippen molar-refractivity contribution in [3.63, 3.8) is 0 Å². The van der Waals surface area contributed by atoms with Crippen molar-refractivity contribution in [2.24, 2.45) is 11.7 Å². The van der Waals surface area contributed by atoms with Gasteiger partial charge >= 0.3 is 0 Å². The maximum atomic E-state index is 12.4. The maximum absolute atomic E-state index is 12.4. The van der Waals surface area contributed by atoms with Crippen LogP contribution in [-0.4, -0.2) is 25.9 Å². The Morgan fingerprint density at radius 2 is 2.09 bits per heavy atom. The predicted octanol–water partition coefficient (Wildman–Crippen LogP) is 2.18. The number of nitro groups is 1. The van der Waals surface area contributed by atoms with Crippen LogP contribution in [0.25, 0.3) is 0 Å². The Hall–Kier alpha value is -0.740. The minimum absolute atomic E-state index is 0. The maximum Gasteiger partial charge on any atom is 0.289 e. The van der Waals surface area contributed by atoms with Crippen molar-refractivity contribution in [2.45, 2.75) is 30.2 Å². The molecule has 0 bridgehead atoms. The molecule has 1 aromatic rings. The average molecular weight is 415 g/mol. The van der Waals surface area contributed by atoms with Crippen LogP contribution < -0.4 is 10.5 Å². The highest BCUT2D eigenvalue weighted by Gasteiger charge is 2.33. The molecular formula is C12H17BrClN3O4S. The van der Waals surface area contributed by atoms with Crippen molar-refractivity contribution in [2.75, 3.05) is 6.54 Å². The number of nitrogens with two attached hydrogens (primary N) is 1. The number of benzene rings is 1. The van der Waals surface area contributed by atoms with Crippen LogP contribution in [0.3, 0.4) is 0 Å². The first-order valence-electron chi connectivity index (χ1n) is 6.51. The van der Waals surface area contributed by atoms with E-state index in [0.29, 0.717) is 17.4 Å². The zero-order valence-electron chi connectivity index (χ0n) is 11.6.